The fourth-order valence-corrected chi connectivity index (χ4v) is 4.03. The van der Waals surface area contributed by atoms with Crippen molar-refractivity contribution in [2.24, 2.45) is 13.0 Å². The Bertz CT molecular complexity index is 692. The van der Waals surface area contributed by atoms with Crippen LogP contribution in [0.5, 0.6) is 0 Å². The number of hydrogen-bond acceptors (Lipinski definition) is 5. The molecule has 1 atom stereocenters. The van der Waals surface area contributed by atoms with Gasteiger partial charge in [0, 0.05) is 19.8 Å². The molecule has 1 fully saturated rings. The van der Waals surface area contributed by atoms with Crippen molar-refractivity contribution in [1.82, 2.24) is 14.8 Å². The molecule has 1 unspecified atom stereocenters. The molecule has 0 aliphatic carbocycles. The number of carbonyl (C=O) groups is 1. The number of hydrogen-bond donors (Lipinski definition) is 2. The molecule has 2 N–H and O–H groups in total. The molecule has 3 rings (SSSR count). The Balaban J connectivity index is 2.03. The van der Waals surface area contributed by atoms with Gasteiger partial charge in [-0.1, -0.05) is 0 Å². The van der Waals surface area contributed by atoms with Crippen molar-refractivity contribution in [3.8, 4) is 0 Å². The highest BCUT2D eigenvalue weighted by molar-refractivity contribution is 7.99. The number of fused-ring (bicyclic) bond motifs is 1. The summed E-state index contributed by atoms with van der Waals surface area (Å²) in [5.41, 5.74) is 2.37. The molecule has 1 aliphatic heterocycles. The Morgan fingerprint density at radius 3 is 3.10 bits per heavy atom. The molecule has 21 heavy (non-hydrogen) atoms. The van der Waals surface area contributed by atoms with E-state index in [1.807, 2.05) is 25.7 Å². The Labute approximate surface area is 126 Å². The minimum atomic E-state index is -0.962. The maximum Gasteiger partial charge on any atom is 0.339 e. The van der Waals surface area contributed by atoms with Crippen molar-refractivity contribution in [1.29, 1.82) is 0 Å². The Hall–Kier alpha value is -1.76. The molecule has 0 amide bonds. The quantitative estimate of drug-likeness (QED) is 0.901. The van der Waals surface area contributed by atoms with Gasteiger partial charge in [-0.15, -0.1) is 0 Å². The summed E-state index contributed by atoms with van der Waals surface area (Å²) >= 11 is 1.95. The van der Waals surface area contributed by atoms with Crippen molar-refractivity contribution in [2.45, 2.75) is 13.3 Å². The summed E-state index contributed by atoms with van der Waals surface area (Å²) in [6, 6.07) is 0. The molecular weight excluding hydrogens is 288 g/mol. The summed E-state index contributed by atoms with van der Waals surface area (Å²) in [7, 11) is 1.82. The van der Waals surface area contributed by atoms with Crippen LogP contribution >= 0.6 is 11.8 Å². The van der Waals surface area contributed by atoms with Gasteiger partial charge in [-0.05, 0) is 30.8 Å². The topological polar surface area (TPSA) is 80.0 Å². The highest BCUT2D eigenvalue weighted by atomic mass is 32.2. The lowest BCUT2D eigenvalue weighted by Crippen LogP contribution is -2.16. The molecule has 0 radical (unpaired) electrons. The van der Waals surface area contributed by atoms with Gasteiger partial charge in [0.15, 0.2) is 5.65 Å². The van der Waals surface area contributed by atoms with Crippen LogP contribution in [0.15, 0.2) is 6.20 Å². The minimum Gasteiger partial charge on any atom is -0.478 e. The maximum absolute atomic E-state index is 11.5. The molecular formula is C14H18N4O2S. The van der Waals surface area contributed by atoms with E-state index in [4.69, 9.17) is 0 Å². The average molecular weight is 306 g/mol. The smallest absolute Gasteiger partial charge is 0.339 e. The zero-order chi connectivity index (χ0) is 15.0. The lowest BCUT2D eigenvalue weighted by Gasteiger charge is -2.14. The number of carboxylic acid groups (broad SMARTS) is 1. The van der Waals surface area contributed by atoms with Gasteiger partial charge in [-0.3, -0.25) is 4.68 Å². The van der Waals surface area contributed by atoms with Crippen LogP contribution in [-0.4, -0.2) is 43.9 Å². The number of nitrogens with one attached hydrogen (secondary N) is 1. The molecule has 3 heterocycles. The van der Waals surface area contributed by atoms with Gasteiger partial charge in [0.1, 0.15) is 5.56 Å². The van der Waals surface area contributed by atoms with E-state index >= 15 is 0 Å². The molecule has 2 aromatic rings. The zero-order valence-electron chi connectivity index (χ0n) is 12.1. The summed E-state index contributed by atoms with van der Waals surface area (Å²) in [6.07, 6.45) is 2.60. The van der Waals surface area contributed by atoms with Gasteiger partial charge in [0.25, 0.3) is 0 Å². The van der Waals surface area contributed by atoms with Gasteiger partial charge in [-0.25, -0.2) is 9.78 Å². The predicted octanol–water partition coefficient (Wildman–Crippen LogP) is 2.14. The van der Waals surface area contributed by atoms with Gasteiger partial charge in [0.05, 0.1) is 16.8 Å². The van der Waals surface area contributed by atoms with Crippen molar-refractivity contribution < 1.29 is 9.90 Å². The van der Waals surface area contributed by atoms with E-state index in [0.717, 1.165) is 23.4 Å². The summed E-state index contributed by atoms with van der Waals surface area (Å²) in [6.45, 7) is 2.67. The largest absolute Gasteiger partial charge is 0.478 e. The van der Waals surface area contributed by atoms with Crippen LogP contribution < -0.4 is 5.32 Å². The molecule has 6 nitrogen and oxygen atoms in total. The summed E-state index contributed by atoms with van der Waals surface area (Å²) in [4.78, 5) is 15.7. The molecule has 0 aromatic carbocycles. The van der Waals surface area contributed by atoms with Crippen LogP contribution in [0.4, 0.5) is 5.69 Å². The Kier molecular flexibility index (Phi) is 3.75. The van der Waals surface area contributed by atoms with Crippen LogP contribution in [-0.2, 0) is 7.05 Å². The molecule has 0 spiro atoms. The number of aromatic carboxylic acids is 1. The lowest BCUT2D eigenvalue weighted by atomic mass is 10.1. The van der Waals surface area contributed by atoms with Crippen LogP contribution in [0.3, 0.4) is 0 Å². The number of thioether (sulfide) groups is 1. The fraction of sp³-hybridized carbons (Fsp3) is 0.500. The predicted molar refractivity (Wildman–Crippen MR) is 84.1 cm³/mol. The molecule has 0 bridgehead atoms. The molecule has 2 aromatic heterocycles. The van der Waals surface area contributed by atoms with E-state index < -0.39 is 5.97 Å². The third-order valence-electron chi connectivity index (χ3n) is 3.85. The standard InChI is InChI=1S/C14H18N4O2S/c1-8-11-12(15-5-9-3-4-21-7-9)10(14(19)20)6-16-13(11)18(2)17-8/h6,9H,3-5,7H2,1-2H3,(H,15,16)(H,19,20). The van der Waals surface area contributed by atoms with Crippen molar-refractivity contribution in [3.63, 3.8) is 0 Å². The second kappa shape index (κ2) is 5.55. The lowest BCUT2D eigenvalue weighted by molar-refractivity contribution is 0.0697. The van der Waals surface area contributed by atoms with Gasteiger partial charge >= 0.3 is 5.97 Å². The zero-order valence-corrected chi connectivity index (χ0v) is 12.9. The number of aryl methyl sites for hydroxylation is 2. The van der Waals surface area contributed by atoms with E-state index in [-0.39, 0.29) is 5.56 Å². The van der Waals surface area contributed by atoms with Crippen LogP contribution in [0.1, 0.15) is 22.5 Å². The minimum absolute atomic E-state index is 0.212. The second-order valence-electron chi connectivity index (χ2n) is 5.37. The monoisotopic (exact) mass is 306 g/mol. The first-order valence-corrected chi connectivity index (χ1v) is 8.10. The van der Waals surface area contributed by atoms with Gasteiger partial charge in [0.2, 0.25) is 0 Å². The van der Waals surface area contributed by atoms with Gasteiger partial charge < -0.3 is 10.4 Å². The number of pyridine rings is 1. The highest BCUT2D eigenvalue weighted by Gasteiger charge is 2.21. The van der Waals surface area contributed by atoms with Crippen molar-refractivity contribution in [2.75, 3.05) is 23.4 Å². The number of nitrogens with zero attached hydrogens (tertiary/aromatic N) is 3. The van der Waals surface area contributed by atoms with E-state index in [1.165, 1.54) is 18.4 Å². The van der Waals surface area contributed by atoms with Crippen LogP contribution in [0.25, 0.3) is 11.0 Å². The average Bonchev–Trinajstić information content (AvgIpc) is 3.05. The molecule has 7 heteroatoms. The van der Waals surface area contributed by atoms with Crippen molar-refractivity contribution in [3.05, 3.63) is 17.5 Å². The molecule has 1 saturated heterocycles. The summed E-state index contributed by atoms with van der Waals surface area (Å²) < 4.78 is 1.69. The van der Waals surface area contributed by atoms with Crippen LogP contribution in [0, 0.1) is 12.8 Å². The first-order chi connectivity index (χ1) is 10.1. The Morgan fingerprint density at radius 1 is 1.62 bits per heavy atom. The number of rotatable bonds is 4. The van der Waals surface area contributed by atoms with E-state index in [1.54, 1.807) is 4.68 Å². The van der Waals surface area contributed by atoms with E-state index in [9.17, 15) is 9.90 Å². The normalized spacial score (nSPS) is 18.3. The van der Waals surface area contributed by atoms with Gasteiger partial charge in [-0.2, -0.15) is 16.9 Å². The summed E-state index contributed by atoms with van der Waals surface area (Å²) in [5, 5.41) is 17.9. The second-order valence-corrected chi connectivity index (χ2v) is 6.52. The third kappa shape index (κ3) is 2.57. The van der Waals surface area contributed by atoms with Crippen molar-refractivity contribution >= 4 is 34.5 Å². The number of carboxylic acids is 1. The number of aromatic nitrogens is 3. The van der Waals surface area contributed by atoms with E-state index in [0.29, 0.717) is 17.3 Å². The third-order valence-corrected chi connectivity index (χ3v) is 5.08. The SMILES string of the molecule is Cc1nn(C)c2ncc(C(=O)O)c(NCC3CCSC3)c12. The maximum atomic E-state index is 11.5. The molecule has 112 valence electrons. The first-order valence-electron chi connectivity index (χ1n) is 6.95. The highest BCUT2D eigenvalue weighted by Crippen LogP contribution is 2.30. The molecule has 1 aliphatic rings. The van der Waals surface area contributed by atoms with Crippen LogP contribution in [0.2, 0.25) is 0 Å². The van der Waals surface area contributed by atoms with E-state index in [2.05, 4.69) is 15.4 Å². The molecule has 0 saturated carbocycles. The fourth-order valence-electron chi connectivity index (χ4n) is 2.75. The first kappa shape index (κ1) is 14.2. The summed E-state index contributed by atoms with van der Waals surface area (Å²) in [5.74, 6) is 1.96. The number of anilines is 1. The Morgan fingerprint density at radius 2 is 2.43 bits per heavy atom.